The van der Waals surface area contributed by atoms with E-state index in [-0.39, 0.29) is 17.5 Å². The summed E-state index contributed by atoms with van der Waals surface area (Å²) in [5.41, 5.74) is 1.06. The van der Waals surface area contributed by atoms with Crippen molar-refractivity contribution >= 4 is 6.03 Å². The topological polar surface area (TPSA) is 60.0 Å². The molecule has 1 aromatic rings. The van der Waals surface area contributed by atoms with Crippen LogP contribution in [0.3, 0.4) is 0 Å². The summed E-state index contributed by atoms with van der Waals surface area (Å²) in [4.78, 5) is 15.1. The molecular weight excluding hydrogens is 344 g/mol. The summed E-state index contributed by atoms with van der Waals surface area (Å²) in [6, 6.07) is 6.06. The molecule has 1 heterocycles. The molecule has 6 nitrogen and oxygen atoms in total. The third-order valence-corrected chi connectivity index (χ3v) is 5.68. The molecule has 0 radical (unpaired) electrons. The lowest BCUT2D eigenvalue weighted by atomic mass is 9.89. The lowest BCUT2D eigenvalue weighted by Crippen LogP contribution is -2.53. The van der Waals surface area contributed by atoms with Crippen LogP contribution in [0.2, 0.25) is 0 Å². The number of methoxy groups -OCH3 is 2. The number of ether oxygens (including phenoxy) is 3. The number of amides is 2. The van der Waals surface area contributed by atoms with Gasteiger partial charge in [0.05, 0.1) is 34.0 Å². The zero-order valence-corrected chi connectivity index (χ0v) is 16.8. The summed E-state index contributed by atoms with van der Waals surface area (Å²) in [5, 5.41) is 3.14. The molecule has 150 valence electrons. The zero-order chi connectivity index (χ0) is 19.3. The van der Waals surface area contributed by atoms with E-state index in [4.69, 9.17) is 14.2 Å². The quantitative estimate of drug-likeness (QED) is 0.790. The second kappa shape index (κ2) is 8.83. The Bertz CT molecular complexity index is 639. The van der Waals surface area contributed by atoms with Crippen molar-refractivity contribution in [3.63, 3.8) is 0 Å². The number of rotatable bonds is 7. The molecule has 0 atom stereocenters. The summed E-state index contributed by atoms with van der Waals surface area (Å²) >= 11 is 0. The smallest absolute Gasteiger partial charge is 0.317 e. The maximum atomic E-state index is 13.1. The maximum absolute atomic E-state index is 13.1. The Balaban J connectivity index is 1.74. The number of benzene rings is 1. The van der Waals surface area contributed by atoms with Gasteiger partial charge in [0.2, 0.25) is 0 Å². The van der Waals surface area contributed by atoms with Crippen molar-refractivity contribution in [3.05, 3.63) is 23.8 Å². The van der Waals surface area contributed by atoms with Crippen LogP contribution in [0.25, 0.3) is 0 Å². The lowest BCUT2D eigenvalue weighted by molar-refractivity contribution is -0.0980. The van der Waals surface area contributed by atoms with Gasteiger partial charge < -0.3 is 24.4 Å². The van der Waals surface area contributed by atoms with Crippen LogP contribution in [-0.4, -0.2) is 51.0 Å². The standard InChI is InChI=1S/C21H32N2O4/c1-21(14-27-15-21)13-22-20(24)23(17-7-5-4-6-8-17)12-16-9-10-18(25-2)11-19(16)26-3/h9-11,17H,4-8,12-15H2,1-3H3,(H,22,24). The first-order valence-corrected chi connectivity index (χ1v) is 9.88. The number of hydrogen-bond donors (Lipinski definition) is 1. The third-order valence-electron chi connectivity index (χ3n) is 5.68. The Morgan fingerprint density at radius 2 is 1.96 bits per heavy atom. The van der Waals surface area contributed by atoms with Crippen molar-refractivity contribution in [2.75, 3.05) is 34.0 Å². The van der Waals surface area contributed by atoms with Crippen LogP contribution in [-0.2, 0) is 11.3 Å². The first kappa shape index (κ1) is 19.8. The number of carbonyl (C=O) groups excluding carboxylic acids is 1. The fraction of sp³-hybridized carbons (Fsp3) is 0.667. The Morgan fingerprint density at radius 1 is 1.22 bits per heavy atom. The number of hydrogen-bond acceptors (Lipinski definition) is 4. The average Bonchev–Trinajstić information content (AvgIpc) is 2.69. The van der Waals surface area contributed by atoms with Crippen molar-refractivity contribution in [1.29, 1.82) is 0 Å². The highest BCUT2D eigenvalue weighted by Gasteiger charge is 2.35. The van der Waals surface area contributed by atoms with Gasteiger partial charge in [-0.05, 0) is 25.0 Å². The molecule has 2 amide bonds. The Labute approximate surface area is 162 Å². The highest BCUT2D eigenvalue weighted by atomic mass is 16.5. The SMILES string of the molecule is COc1ccc(CN(C(=O)NCC2(C)COC2)C2CCCCC2)c(OC)c1. The second-order valence-corrected chi connectivity index (χ2v) is 8.06. The van der Waals surface area contributed by atoms with Crippen molar-refractivity contribution in [2.45, 2.75) is 51.6 Å². The van der Waals surface area contributed by atoms with E-state index in [9.17, 15) is 4.79 Å². The van der Waals surface area contributed by atoms with Gasteiger partial charge in [-0.2, -0.15) is 0 Å². The summed E-state index contributed by atoms with van der Waals surface area (Å²) in [7, 11) is 3.29. The minimum absolute atomic E-state index is 0.00731. The van der Waals surface area contributed by atoms with Crippen molar-refractivity contribution < 1.29 is 19.0 Å². The molecule has 3 rings (SSSR count). The van der Waals surface area contributed by atoms with Gasteiger partial charge in [-0.25, -0.2) is 4.79 Å². The van der Waals surface area contributed by atoms with E-state index in [0.29, 0.717) is 26.3 Å². The summed E-state index contributed by atoms with van der Waals surface area (Å²) in [5.74, 6) is 1.50. The molecule has 0 unspecified atom stereocenters. The molecule has 1 aliphatic carbocycles. The highest BCUT2D eigenvalue weighted by Crippen LogP contribution is 2.30. The largest absolute Gasteiger partial charge is 0.497 e. The zero-order valence-electron chi connectivity index (χ0n) is 16.8. The second-order valence-electron chi connectivity index (χ2n) is 8.06. The predicted molar refractivity (Wildman–Crippen MR) is 104 cm³/mol. The first-order valence-electron chi connectivity index (χ1n) is 9.88. The van der Waals surface area contributed by atoms with E-state index in [1.54, 1.807) is 14.2 Å². The number of nitrogens with one attached hydrogen (secondary N) is 1. The van der Waals surface area contributed by atoms with E-state index in [0.717, 1.165) is 29.9 Å². The van der Waals surface area contributed by atoms with Crippen LogP contribution in [0.5, 0.6) is 11.5 Å². The molecule has 1 N–H and O–H groups in total. The molecule has 1 aromatic carbocycles. The van der Waals surface area contributed by atoms with Gasteiger partial charge >= 0.3 is 6.03 Å². The highest BCUT2D eigenvalue weighted by molar-refractivity contribution is 5.74. The number of nitrogens with zero attached hydrogens (tertiary/aromatic N) is 1. The predicted octanol–water partition coefficient (Wildman–Crippen LogP) is 3.58. The minimum Gasteiger partial charge on any atom is -0.497 e. The summed E-state index contributed by atoms with van der Waals surface area (Å²) in [6.07, 6.45) is 5.74. The van der Waals surface area contributed by atoms with E-state index >= 15 is 0 Å². The van der Waals surface area contributed by atoms with Gasteiger partial charge in [0.25, 0.3) is 0 Å². The molecule has 1 saturated carbocycles. The molecule has 0 bridgehead atoms. The van der Waals surface area contributed by atoms with E-state index in [2.05, 4.69) is 12.2 Å². The van der Waals surface area contributed by atoms with Gasteiger partial charge in [-0.3, -0.25) is 0 Å². The van der Waals surface area contributed by atoms with Gasteiger partial charge in [-0.1, -0.05) is 26.2 Å². The lowest BCUT2D eigenvalue weighted by Gasteiger charge is -2.40. The van der Waals surface area contributed by atoms with Crippen LogP contribution >= 0.6 is 0 Å². The first-order chi connectivity index (χ1) is 13.0. The fourth-order valence-corrected chi connectivity index (χ4v) is 3.87. The monoisotopic (exact) mass is 376 g/mol. The van der Waals surface area contributed by atoms with Crippen LogP contribution in [0.1, 0.15) is 44.6 Å². The molecule has 2 aliphatic rings. The van der Waals surface area contributed by atoms with Crippen molar-refractivity contribution in [3.8, 4) is 11.5 Å². The molecule has 1 saturated heterocycles. The molecule has 2 fully saturated rings. The molecule has 0 spiro atoms. The van der Waals surface area contributed by atoms with E-state index < -0.39 is 0 Å². The van der Waals surface area contributed by atoms with Crippen molar-refractivity contribution in [1.82, 2.24) is 10.2 Å². The van der Waals surface area contributed by atoms with Gasteiger partial charge in [0, 0.05) is 29.6 Å². The molecular formula is C21H32N2O4. The fourth-order valence-electron chi connectivity index (χ4n) is 3.87. The Morgan fingerprint density at radius 3 is 2.56 bits per heavy atom. The number of carbonyl (C=O) groups is 1. The van der Waals surface area contributed by atoms with Gasteiger partial charge in [0.15, 0.2) is 0 Å². The molecule has 6 heteroatoms. The minimum atomic E-state index is 0.00731. The van der Waals surface area contributed by atoms with Crippen LogP contribution in [0.4, 0.5) is 4.79 Å². The summed E-state index contributed by atoms with van der Waals surface area (Å²) in [6.45, 7) is 4.76. The van der Waals surface area contributed by atoms with Crippen LogP contribution in [0, 0.1) is 5.41 Å². The van der Waals surface area contributed by atoms with Gasteiger partial charge in [0.1, 0.15) is 11.5 Å². The Kier molecular flexibility index (Phi) is 6.47. The molecule has 27 heavy (non-hydrogen) atoms. The van der Waals surface area contributed by atoms with Crippen molar-refractivity contribution in [2.24, 2.45) is 5.41 Å². The van der Waals surface area contributed by atoms with Gasteiger partial charge in [-0.15, -0.1) is 0 Å². The molecule has 0 aromatic heterocycles. The Hall–Kier alpha value is -1.95. The molecule has 1 aliphatic heterocycles. The maximum Gasteiger partial charge on any atom is 0.317 e. The third kappa shape index (κ3) is 4.86. The van der Waals surface area contributed by atoms with Crippen LogP contribution in [0.15, 0.2) is 18.2 Å². The number of urea groups is 1. The van der Waals surface area contributed by atoms with E-state index in [1.165, 1.54) is 19.3 Å². The van der Waals surface area contributed by atoms with Crippen LogP contribution < -0.4 is 14.8 Å². The normalized spacial score (nSPS) is 19.1. The summed E-state index contributed by atoms with van der Waals surface area (Å²) < 4.78 is 16.1. The average molecular weight is 376 g/mol. The van der Waals surface area contributed by atoms with E-state index in [1.807, 2.05) is 23.1 Å².